The summed E-state index contributed by atoms with van der Waals surface area (Å²) in [5, 5.41) is 9.84. The second-order valence-electron chi connectivity index (χ2n) is 20.7. The topological polar surface area (TPSA) is 9.86 Å². The van der Waals surface area contributed by atoms with Crippen LogP contribution < -0.4 is 0 Å². The molecule has 1 aliphatic rings. The van der Waals surface area contributed by atoms with Crippen LogP contribution in [-0.2, 0) is 5.41 Å². The minimum atomic E-state index is -0.538. The number of rotatable bonds is 7. The Bertz CT molecular complexity index is 4580. The molecule has 77 heavy (non-hydrogen) atoms. The normalized spacial score (nSPS) is 12.8. The van der Waals surface area contributed by atoms with Gasteiger partial charge in [-0.05, 0) is 161 Å². The van der Waals surface area contributed by atoms with Crippen molar-refractivity contribution in [2.24, 2.45) is 0 Å². The van der Waals surface area contributed by atoms with Gasteiger partial charge in [-0.15, -0.1) is 0 Å². The van der Waals surface area contributed by atoms with E-state index in [0.29, 0.717) is 0 Å². The van der Waals surface area contributed by atoms with E-state index in [1.807, 2.05) is 0 Å². The smallest absolute Gasteiger partial charge is 0.0713 e. The monoisotopic (exact) mass is 976 g/mol. The van der Waals surface area contributed by atoms with Crippen LogP contribution in [0.1, 0.15) is 22.3 Å². The lowest BCUT2D eigenvalue weighted by molar-refractivity contribution is 0.769. The predicted molar refractivity (Wildman–Crippen MR) is 324 cm³/mol. The zero-order valence-corrected chi connectivity index (χ0v) is 42.1. The molecule has 0 bridgehead atoms. The third kappa shape index (κ3) is 6.37. The van der Waals surface area contributed by atoms with Crippen LogP contribution in [-0.4, -0.2) is 9.13 Å². The number of hydrogen-bond donors (Lipinski definition) is 0. The fourth-order valence-electron chi connectivity index (χ4n) is 13.6. The number of nitrogens with zero attached hydrogens (tertiary/aromatic N) is 2. The van der Waals surface area contributed by atoms with Gasteiger partial charge in [-0.3, -0.25) is 0 Å². The highest BCUT2D eigenvalue weighted by atomic mass is 15.0. The molecule has 0 N–H and O–H groups in total. The molecule has 0 radical (unpaired) electrons. The first-order valence-electron chi connectivity index (χ1n) is 26.7. The Hall–Kier alpha value is -10.0. The number of hydrogen-bond acceptors (Lipinski definition) is 0. The third-order valence-corrected chi connectivity index (χ3v) is 16.8. The van der Waals surface area contributed by atoms with Crippen molar-refractivity contribution in [1.82, 2.24) is 9.13 Å². The van der Waals surface area contributed by atoms with E-state index in [2.05, 4.69) is 300 Å². The van der Waals surface area contributed by atoms with Crippen molar-refractivity contribution in [2.45, 2.75) is 5.41 Å². The Morgan fingerprint density at radius 2 is 0.623 bits per heavy atom. The summed E-state index contributed by atoms with van der Waals surface area (Å²) in [5.74, 6) is 0. The van der Waals surface area contributed by atoms with Gasteiger partial charge >= 0.3 is 0 Å². The average molecular weight is 977 g/mol. The minimum Gasteiger partial charge on any atom is -0.309 e. The van der Waals surface area contributed by atoms with Crippen molar-refractivity contribution in [3.63, 3.8) is 0 Å². The maximum absolute atomic E-state index is 2.54. The van der Waals surface area contributed by atoms with E-state index < -0.39 is 5.41 Å². The predicted octanol–water partition coefficient (Wildman–Crippen LogP) is 19.6. The fraction of sp³-hybridized carbons (Fsp3) is 0.0133. The summed E-state index contributed by atoms with van der Waals surface area (Å²) >= 11 is 0. The Morgan fingerprint density at radius 1 is 0.221 bits per heavy atom. The molecule has 0 atom stereocenters. The number of aromatic nitrogens is 2. The molecule has 0 spiro atoms. The van der Waals surface area contributed by atoms with Crippen LogP contribution in [0.2, 0.25) is 0 Å². The first-order chi connectivity index (χ1) is 38.2. The van der Waals surface area contributed by atoms with Crippen LogP contribution in [0.5, 0.6) is 0 Å². The summed E-state index contributed by atoms with van der Waals surface area (Å²) in [6.45, 7) is 0. The van der Waals surface area contributed by atoms with Gasteiger partial charge < -0.3 is 9.13 Å². The lowest BCUT2D eigenvalue weighted by atomic mass is 9.67. The largest absolute Gasteiger partial charge is 0.309 e. The first-order valence-corrected chi connectivity index (χ1v) is 26.7. The molecule has 0 unspecified atom stereocenters. The summed E-state index contributed by atoms with van der Waals surface area (Å²) in [6, 6.07) is 108. The van der Waals surface area contributed by atoms with Gasteiger partial charge in [0.2, 0.25) is 0 Å². The van der Waals surface area contributed by atoms with Gasteiger partial charge in [-0.25, -0.2) is 0 Å². The molecule has 0 fully saturated rings. The van der Waals surface area contributed by atoms with E-state index in [4.69, 9.17) is 0 Å². The Labute approximate surface area is 446 Å². The van der Waals surface area contributed by atoms with E-state index in [0.717, 1.165) is 11.4 Å². The highest BCUT2D eigenvalue weighted by Crippen LogP contribution is 2.57. The Balaban J connectivity index is 0.986. The van der Waals surface area contributed by atoms with Crippen molar-refractivity contribution < 1.29 is 0 Å². The van der Waals surface area contributed by atoms with Gasteiger partial charge in [0.05, 0.1) is 27.5 Å². The molecule has 15 aromatic rings. The molecule has 2 nitrogen and oxygen atoms in total. The van der Waals surface area contributed by atoms with Crippen LogP contribution >= 0.6 is 0 Å². The average Bonchev–Trinajstić information content (AvgIpc) is 4.31. The first kappa shape index (κ1) is 43.4. The Kier molecular flexibility index (Phi) is 9.58. The van der Waals surface area contributed by atoms with Crippen LogP contribution in [0.15, 0.2) is 291 Å². The molecule has 0 saturated carbocycles. The quantitative estimate of drug-likeness (QED) is 0.141. The number of para-hydroxylation sites is 4. The summed E-state index contributed by atoms with van der Waals surface area (Å²) in [6.07, 6.45) is 0. The zero-order chi connectivity index (χ0) is 50.6. The second-order valence-corrected chi connectivity index (χ2v) is 20.7. The molecular formula is C75H48N2. The molecular weight excluding hydrogens is 929 g/mol. The van der Waals surface area contributed by atoms with Crippen molar-refractivity contribution in [3.8, 4) is 55.9 Å². The van der Waals surface area contributed by atoms with Crippen LogP contribution in [0.25, 0.3) is 121 Å². The van der Waals surface area contributed by atoms with Crippen LogP contribution in [0, 0.1) is 0 Å². The molecule has 0 aliphatic heterocycles. The SMILES string of the molecule is c1ccc(-n2c3ccccc3c3cc(-c4cccc5c(-c6ccc7c(c6)C(c6ccccc6)(c6ccccc6)c6ccccc6-7)c6cccc(-c7ccc8c(c7)c7ccccc7n8-c7ccccc7)c6cc45)ccc32)cc1. The maximum atomic E-state index is 2.54. The van der Waals surface area contributed by atoms with E-state index >= 15 is 0 Å². The lowest BCUT2D eigenvalue weighted by Crippen LogP contribution is -2.28. The van der Waals surface area contributed by atoms with E-state index in [1.165, 1.54) is 132 Å². The Morgan fingerprint density at radius 3 is 1.16 bits per heavy atom. The minimum absolute atomic E-state index is 0.538. The third-order valence-electron chi connectivity index (χ3n) is 16.8. The standard InChI is InChI=1S/C75H48N2/c1-5-21-52(22-6-1)75(53-23-7-2-8-24-53)68-36-16-13-29-58(68)59-42-39-51(47-69(59)75)74-62-34-19-32-56(49-40-43-72-66(45-49)60-30-14-17-37-70(60)76(72)54-25-9-3-10-26-54)64(62)48-65-57(33-20-35-63(65)74)50-41-44-73-67(46-50)61-31-15-18-38-71(61)77(73)55-27-11-4-12-28-55/h1-48H. The number of benzene rings is 13. The molecule has 16 rings (SSSR count). The van der Waals surface area contributed by atoms with Crippen molar-refractivity contribution in [2.75, 3.05) is 0 Å². The van der Waals surface area contributed by atoms with Gasteiger partial charge in [-0.2, -0.15) is 0 Å². The lowest BCUT2D eigenvalue weighted by Gasteiger charge is -2.34. The summed E-state index contributed by atoms with van der Waals surface area (Å²) in [7, 11) is 0. The molecule has 1 aliphatic carbocycles. The highest BCUT2D eigenvalue weighted by Gasteiger charge is 2.46. The van der Waals surface area contributed by atoms with E-state index in [-0.39, 0.29) is 0 Å². The zero-order valence-electron chi connectivity index (χ0n) is 42.1. The summed E-state index contributed by atoms with van der Waals surface area (Å²) in [4.78, 5) is 0. The summed E-state index contributed by atoms with van der Waals surface area (Å²) in [5.41, 5.74) is 21.5. The van der Waals surface area contributed by atoms with Crippen molar-refractivity contribution in [1.29, 1.82) is 0 Å². The van der Waals surface area contributed by atoms with Crippen LogP contribution in [0.3, 0.4) is 0 Å². The summed E-state index contributed by atoms with van der Waals surface area (Å²) < 4.78 is 4.81. The number of fused-ring (bicyclic) bond motifs is 11. The molecule has 13 aromatic carbocycles. The maximum Gasteiger partial charge on any atom is 0.0713 e. The van der Waals surface area contributed by atoms with E-state index in [9.17, 15) is 0 Å². The molecule has 2 heterocycles. The van der Waals surface area contributed by atoms with Gasteiger partial charge in [0.1, 0.15) is 0 Å². The molecule has 0 saturated heterocycles. The van der Waals surface area contributed by atoms with E-state index in [1.54, 1.807) is 0 Å². The van der Waals surface area contributed by atoms with Gasteiger partial charge in [0, 0.05) is 32.9 Å². The molecule has 358 valence electrons. The van der Waals surface area contributed by atoms with Gasteiger partial charge in [-0.1, -0.05) is 218 Å². The van der Waals surface area contributed by atoms with Crippen molar-refractivity contribution in [3.05, 3.63) is 313 Å². The fourth-order valence-corrected chi connectivity index (χ4v) is 13.6. The van der Waals surface area contributed by atoms with Gasteiger partial charge in [0.25, 0.3) is 0 Å². The molecule has 2 aromatic heterocycles. The van der Waals surface area contributed by atoms with Crippen LogP contribution in [0.4, 0.5) is 0 Å². The van der Waals surface area contributed by atoms with Gasteiger partial charge in [0.15, 0.2) is 0 Å². The molecule has 2 heteroatoms. The molecule has 0 amide bonds. The highest BCUT2D eigenvalue weighted by molar-refractivity contribution is 6.21. The van der Waals surface area contributed by atoms with Crippen molar-refractivity contribution >= 4 is 65.2 Å². The second kappa shape index (κ2) is 17.0.